The van der Waals surface area contributed by atoms with Crippen LogP contribution in [-0.4, -0.2) is 7.11 Å². The first-order chi connectivity index (χ1) is 8.67. The van der Waals surface area contributed by atoms with Crippen LogP contribution in [0.2, 0.25) is 0 Å². The molecule has 0 aliphatic heterocycles. The molecule has 0 saturated heterocycles. The molecule has 0 aliphatic rings. The van der Waals surface area contributed by atoms with Crippen molar-refractivity contribution in [2.45, 2.75) is 6.54 Å². The van der Waals surface area contributed by atoms with Gasteiger partial charge in [-0.05, 0) is 35.4 Å². The van der Waals surface area contributed by atoms with Crippen LogP contribution in [0.4, 0.5) is 8.78 Å². The second-order valence-corrected chi connectivity index (χ2v) is 3.82. The van der Waals surface area contributed by atoms with Crippen molar-refractivity contribution in [3.63, 3.8) is 0 Å². The van der Waals surface area contributed by atoms with E-state index in [2.05, 4.69) is 0 Å². The van der Waals surface area contributed by atoms with Crippen LogP contribution in [-0.2, 0) is 6.54 Å². The molecule has 0 spiro atoms. The zero-order chi connectivity index (χ0) is 13.1. The smallest absolute Gasteiger partial charge is 0.133 e. The molecule has 2 nitrogen and oxygen atoms in total. The fourth-order valence-corrected chi connectivity index (χ4v) is 1.86. The summed E-state index contributed by atoms with van der Waals surface area (Å²) in [5.74, 6) is -0.597. The number of ether oxygens (including phenoxy) is 1. The Hall–Kier alpha value is -1.94. The van der Waals surface area contributed by atoms with Crippen molar-refractivity contribution in [1.29, 1.82) is 0 Å². The van der Waals surface area contributed by atoms with E-state index in [1.54, 1.807) is 18.2 Å². The monoisotopic (exact) mass is 249 g/mol. The van der Waals surface area contributed by atoms with Crippen LogP contribution < -0.4 is 10.5 Å². The van der Waals surface area contributed by atoms with Gasteiger partial charge in [-0.15, -0.1) is 0 Å². The van der Waals surface area contributed by atoms with Gasteiger partial charge in [0.05, 0.1) is 12.7 Å². The van der Waals surface area contributed by atoms with Gasteiger partial charge in [0, 0.05) is 6.54 Å². The highest BCUT2D eigenvalue weighted by molar-refractivity contribution is 5.69. The predicted octanol–water partition coefficient (Wildman–Crippen LogP) is 3.10. The van der Waals surface area contributed by atoms with Gasteiger partial charge in [-0.3, -0.25) is 0 Å². The zero-order valence-electron chi connectivity index (χ0n) is 9.91. The number of benzene rings is 2. The molecule has 4 heteroatoms. The largest absolute Gasteiger partial charge is 0.497 e. The van der Waals surface area contributed by atoms with Crippen molar-refractivity contribution in [3.8, 4) is 16.9 Å². The van der Waals surface area contributed by atoms with Crippen molar-refractivity contribution < 1.29 is 13.5 Å². The Morgan fingerprint density at radius 2 is 1.78 bits per heavy atom. The van der Waals surface area contributed by atoms with Gasteiger partial charge in [-0.25, -0.2) is 8.78 Å². The van der Waals surface area contributed by atoms with E-state index in [0.29, 0.717) is 16.9 Å². The number of halogens is 2. The molecule has 18 heavy (non-hydrogen) atoms. The minimum Gasteiger partial charge on any atom is -0.497 e. The van der Waals surface area contributed by atoms with Gasteiger partial charge < -0.3 is 10.5 Å². The summed E-state index contributed by atoms with van der Waals surface area (Å²) < 4.78 is 32.5. The molecule has 0 heterocycles. The average molecular weight is 249 g/mol. The van der Waals surface area contributed by atoms with Gasteiger partial charge in [0.2, 0.25) is 0 Å². The molecule has 2 N–H and O–H groups in total. The first-order valence-corrected chi connectivity index (χ1v) is 5.48. The van der Waals surface area contributed by atoms with Crippen LogP contribution >= 0.6 is 0 Å². The first kappa shape index (κ1) is 12.5. The van der Waals surface area contributed by atoms with Gasteiger partial charge in [0.25, 0.3) is 0 Å². The molecule has 0 atom stereocenters. The summed E-state index contributed by atoms with van der Waals surface area (Å²) in [5, 5.41) is 0. The van der Waals surface area contributed by atoms with E-state index >= 15 is 0 Å². The van der Waals surface area contributed by atoms with Crippen LogP contribution in [0.5, 0.6) is 5.75 Å². The maximum absolute atomic E-state index is 13.7. The lowest BCUT2D eigenvalue weighted by molar-refractivity contribution is 0.414. The topological polar surface area (TPSA) is 35.2 Å². The highest BCUT2D eigenvalue weighted by atomic mass is 19.1. The molecular formula is C14H13F2NO. The summed E-state index contributed by atoms with van der Waals surface area (Å²) in [5.41, 5.74) is 6.65. The van der Waals surface area contributed by atoms with Gasteiger partial charge >= 0.3 is 0 Å². The van der Waals surface area contributed by atoms with E-state index in [4.69, 9.17) is 10.5 Å². The molecule has 0 unspecified atom stereocenters. The fourth-order valence-electron chi connectivity index (χ4n) is 1.86. The molecule has 2 aromatic rings. The van der Waals surface area contributed by atoms with E-state index in [1.165, 1.54) is 25.3 Å². The fraction of sp³-hybridized carbons (Fsp3) is 0.143. The van der Waals surface area contributed by atoms with E-state index in [0.717, 1.165) is 0 Å². The second-order valence-electron chi connectivity index (χ2n) is 3.82. The number of methoxy groups -OCH3 is 1. The zero-order valence-corrected chi connectivity index (χ0v) is 9.91. The lowest BCUT2D eigenvalue weighted by Crippen LogP contribution is -2.02. The quantitative estimate of drug-likeness (QED) is 0.907. The van der Waals surface area contributed by atoms with Gasteiger partial charge in [0.1, 0.15) is 17.4 Å². The third-order valence-electron chi connectivity index (χ3n) is 2.76. The van der Waals surface area contributed by atoms with Crippen molar-refractivity contribution in [2.75, 3.05) is 7.11 Å². The molecule has 0 amide bonds. The minimum atomic E-state index is -0.602. The number of hydrogen-bond donors (Lipinski definition) is 1. The standard InChI is InChI=1S/C14H13F2NO/c1-18-10-5-6-11(9(7-10)8-17)14-12(15)3-2-4-13(14)16/h2-7H,8,17H2,1H3. The second kappa shape index (κ2) is 5.14. The summed E-state index contributed by atoms with van der Waals surface area (Å²) in [6.07, 6.45) is 0. The van der Waals surface area contributed by atoms with Gasteiger partial charge in [0.15, 0.2) is 0 Å². The molecule has 2 rings (SSSR count). The summed E-state index contributed by atoms with van der Waals surface area (Å²) in [6, 6.07) is 8.73. The average Bonchev–Trinajstić information content (AvgIpc) is 2.38. The Balaban J connectivity index is 2.63. The van der Waals surface area contributed by atoms with Crippen LogP contribution in [0.3, 0.4) is 0 Å². The lowest BCUT2D eigenvalue weighted by Gasteiger charge is -2.11. The summed E-state index contributed by atoms with van der Waals surface area (Å²) in [7, 11) is 1.53. The molecule has 2 aromatic carbocycles. The lowest BCUT2D eigenvalue weighted by atomic mass is 9.98. The Morgan fingerprint density at radius 3 is 2.33 bits per heavy atom. The molecule has 0 saturated carbocycles. The summed E-state index contributed by atoms with van der Waals surface area (Å²) >= 11 is 0. The third-order valence-corrected chi connectivity index (χ3v) is 2.76. The Morgan fingerprint density at radius 1 is 1.11 bits per heavy atom. The predicted molar refractivity (Wildman–Crippen MR) is 66.2 cm³/mol. The van der Waals surface area contributed by atoms with Crippen molar-refractivity contribution in [3.05, 3.63) is 53.6 Å². The Kier molecular flexibility index (Phi) is 3.58. The normalized spacial score (nSPS) is 10.4. The molecule has 0 bridgehead atoms. The van der Waals surface area contributed by atoms with Crippen LogP contribution in [0.15, 0.2) is 36.4 Å². The third kappa shape index (κ3) is 2.19. The molecular weight excluding hydrogens is 236 g/mol. The SMILES string of the molecule is COc1ccc(-c2c(F)cccc2F)c(CN)c1. The van der Waals surface area contributed by atoms with Gasteiger partial charge in [-0.2, -0.15) is 0 Å². The Labute approximate surface area is 104 Å². The molecule has 0 fully saturated rings. The van der Waals surface area contributed by atoms with Crippen molar-refractivity contribution in [2.24, 2.45) is 5.73 Å². The van der Waals surface area contributed by atoms with E-state index in [-0.39, 0.29) is 12.1 Å². The number of nitrogens with two attached hydrogens (primary N) is 1. The molecule has 0 aliphatic carbocycles. The Bertz CT molecular complexity index is 549. The highest BCUT2D eigenvalue weighted by Gasteiger charge is 2.14. The first-order valence-electron chi connectivity index (χ1n) is 5.48. The van der Waals surface area contributed by atoms with E-state index < -0.39 is 11.6 Å². The maximum Gasteiger partial charge on any atom is 0.133 e. The molecule has 0 aromatic heterocycles. The number of rotatable bonds is 3. The number of hydrogen-bond acceptors (Lipinski definition) is 2. The van der Waals surface area contributed by atoms with Crippen LogP contribution in [0, 0.1) is 11.6 Å². The van der Waals surface area contributed by atoms with E-state index in [1.807, 2.05) is 0 Å². The van der Waals surface area contributed by atoms with E-state index in [9.17, 15) is 8.78 Å². The van der Waals surface area contributed by atoms with Gasteiger partial charge in [-0.1, -0.05) is 12.1 Å². The van der Waals surface area contributed by atoms with Crippen molar-refractivity contribution >= 4 is 0 Å². The van der Waals surface area contributed by atoms with Crippen molar-refractivity contribution in [1.82, 2.24) is 0 Å². The minimum absolute atomic E-state index is 0.0550. The molecule has 0 radical (unpaired) electrons. The summed E-state index contributed by atoms with van der Waals surface area (Å²) in [6.45, 7) is 0.181. The van der Waals surface area contributed by atoms with Crippen LogP contribution in [0.25, 0.3) is 11.1 Å². The summed E-state index contributed by atoms with van der Waals surface area (Å²) in [4.78, 5) is 0. The van der Waals surface area contributed by atoms with Crippen LogP contribution in [0.1, 0.15) is 5.56 Å². The maximum atomic E-state index is 13.7. The highest BCUT2D eigenvalue weighted by Crippen LogP contribution is 2.31. The molecule has 94 valence electrons.